The van der Waals surface area contributed by atoms with E-state index in [4.69, 9.17) is 5.10 Å². The topological polar surface area (TPSA) is 58.7 Å². The monoisotopic (exact) mass is 355 g/mol. The van der Waals surface area contributed by atoms with Crippen molar-refractivity contribution >= 4 is 11.9 Å². The molecule has 3 aromatic rings. The summed E-state index contributed by atoms with van der Waals surface area (Å²) in [7, 11) is 0. The van der Waals surface area contributed by atoms with Gasteiger partial charge in [-0.25, -0.2) is 4.68 Å². The van der Waals surface area contributed by atoms with E-state index >= 15 is 0 Å². The highest BCUT2D eigenvalue weighted by Gasteiger charge is 2.25. The summed E-state index contributed by atoms with van der Waals surface area (Å²) in [6.07, 6.45) is 3.49. The van der Waals surface area contributed by atoms with Crippen LogP contribution in [0.25, 0.3) is 23.0 Å². The number of aromatic nitrogens is 2. The van der Waals surface area contributed by atoms with E-state index in [1.165, 1.54) is 0 Å². The van der Waals surface area contributed by atoms with Crippen molar-refractivity contribution in [1.82, 2.24) is 9.78 Å². The fraction of sp³-hybridized carbons (Fsp3) is 0.174. The van der Waals surface area contributed by atoms with Crippen molar-refractivity contribution in [3.63, 3.8) is 0 Å². The molecule has 0 N–H and O–H groups in total. The Balaban J connectivity index is 2.16. The molecule has 0 amide bonds. The first-order valence-corrected chi connectivity index (χ1v) is 8.77. The van der Waals surface area contributed by atoms with E-state index in [0.29, 0.717) is 0 Å². The Kier molecular flexibility index (Phi) is 5.05. The van der Waals surface area contributed by atoms with Gasteiger partial charge in [0.25, 0.3) is 0 Å². The zero-order valence-corrected chi connectivity index (χ0v) is 15.7. The molecule has 0 unspecified atom stereocenters. The van der Waals surface area contributed by atoms with E-state index in [2.05, 4.69) is 6.07 Å². The molecule has 27 heavy (non-hydrogen) atoms. The lowest BCUT2D eigenvalue weighted by molar-refractivity contribution is -0.121. The smallest absolute Gasteiger partial charge is 0.178 e. The summed E-state index contributed by atoms with van der Waals surface area (Å²) in [5.41, 5.74) is 2.82. The second kappa shape index (κ2) is 7.43. The molecular weight excluding hydrogens is 334 g/mol. The minimum Gasteiger partial charge on any atom is -0.293 e. The number of para-hydroxylation sites is 1. The number of allylic oxidation sites excluding steroid dienone is 1. The summed E-state index contributed by atoms with van der Waals surface area (Å²) >= 11 is 0. The standard InChI is InChI=1S/C23H21N3O/c1-23(2,3)22(27)18(15-24)14-19-16-26(20-12-8-5-9-13-20)25-21(19)17-10-6-4-7-11-17/h4-14,16H,1-3H3/b18-14+. The minimum absolute atomic E-state index is 0.132. The lowest BCUT2D eigenvalue weighted by Gasteiger charge is -2.15. The maximum Gasteiger partial charge on any atom is 0.178 e. The first-order valence-electron chi connectivity index (χ1n) is 8.77. The first-order chi connectivity index (χ1) is 12.9. The van der Waals surface area contributed by atoms with Gasteiger partial charge in [0.1, 0.15) is 6.07 Å². The third-order valence-corrected chi connectivity index (χ3v) is 4.16. The summed E-state index contributed by atoms with van der Waals surface area (Å²) in [6.45, 7) is 5.43. The van der Waals surface area contributed by atoms with Crippen molar-refractivity contribution in [2.75, 3.05) is 0 Å². The number of carbonyl (C=O) groups is 1. The van der Waals surface area contributed by atoms with Crippen LogP contribution in [0.15, 0.2) is 72.4 Å². The van der Waals surface area contributed by atoms with Crippen LogP contribution < -0.4 is 0 Å². The molecule has 0 bridgehead atoms. The molecule has 0 aliphatic rings. The van der Waals surface area contributed by atoms with E-state index in [9.17, 15) is 10.1 Å². The number of carbonyl (C=O) groups excluding carboxylic acids is 1. The van der Waals surface area contributed by atoms with Crippen LogP contribution in [0.2, 0.25) is 0 Å². The van der Waals surface area contributed by atoms with E-state index in [1.54, 1.807) is 10.8 Å². The summed E-state index contributed by atoms with van der Waals surface area (Å²) in [6, 6.07) is 21.6. The molecule has 1 heterocycles. The highest BCUT2D eigenvalue weighted by atomic mass is 16.1. The third-order valence-electron chi connectivity index (χ3n) is 4.16. The largest absolute Gasteiger partial charge is 0.293 e. The quantitative estimate of drug-likeness (QED) is 0.485. The molecule has 0 atom stereocenters. The second-order valence-electron chi connectivity index (χ2n) is 7.33. The molecule has 1 aromatic heterocycles. The van der Waals surface area contributed by atoms with Crippen molar-refractivity contribution in [3.05, 3.63) is 78.0 Å². The van der Waals surface area contributed by atoms with Crippen LogP contribution in [0.3, 0.4) is 0 Å². The normalized spacial score (nSPS) is 11.9. The summed E-state index contributed by atoms with van der Waals surface area (Å²) in [5.74, 6) is -0.184. The van der Waals surface area contributed by atoms with Crippen LogP contribution in [-0.2, 0) is 4.79 Å². The first kappa shape index (κ1) is 18.3. The molecule has 0 aliphatic carbocycles. The number of nitrogens with zero attached hydrogens (tertiary/aromatic N) is 3. The number of benzene rings is 2. The lowest BCUT2D eigenvalue weighted by atomic mass is 9.86. The molecule has 0 aliphatic heterocycles. The molecular formula is C23H21N3O. The van der Waals surface area contributed by atoms with Gasteiger partial charge in [-0.05, 0) is 18.2 Å². The Morgan fingerprint density at radius 2 is 1.63 bits per heavy atom. The predicted molar refractivity (Wildman–Crippen MR) is 107 cm³/mol. The van der Waals surface area contributed by atoms with Gasteiger partial charge in [0.2, 0.25) is 0 Å². The van der Waals surface area contributed by atoms with E-state index in [0.717, 1.165) is 22.5 Å². The number of hydrogen-bond acceptors (Lipinski definition) is 3. The molecule has 0 radical (unpaired) electrons. The minimum atomic E-state index is -0.621. The average Bonchev–Trinajstić information content (AvgIpc) is 3.10. The molecule has 2 aromatic carbocycles. The number of hydrogen-bond donors (Lipinski definition) is 0. The molecule has 134 valence electrons. The van der Waals surface area contributed by atoms with Gasteiger partial charge in [-0.3, -0.25) is 4.79 Å². The van der Waals surface area contributed by atoms with Crippen LogP contribution >= 0.6 is 0 Å². The fourth-order valence-corrected chi connectivity index (χ4v) is 2.73. The van der Waals surface area contributed by atoms with Gasteiger partial charge in [-0.15, -0.1) is 0 Å². The Bertz CT molecular complexity index is 1020. The summed E-state index contributed by atoms with van der Waals surface area (Å²) in [4.78, 5) is 12.6. The number of Topliss-reactive ketones (excluding diaryl/α,β-unsaturated/α-hetero) is 1. The number of ketones is 1. The van der Waals surface area contributed by atoms with Crippen molar-refractivity contribution in [3.8, 4) is 23.0 Å². The van der Waals surface area contributed by atoms with Crippen LogP contribution in [0.4, 0.5) is 0 Å². The molecule has 0 fully saturated rings. The third kappa shape index (κ3) is 4.04. The Morgan fingerprint density at radius 3 is 2.19 bits per heavy atom. The zero-order chi connectivity index (χ0) is 19.4. The molecule has 3 rings (SSSR count). The van der Waals surface area contributed by atoms with Crippen molar-refractivity contribution in [2.24, 2.45) is 5.41 Å². The predicted octanol–water partition coefficient (Wildman–Crippen LogP) is 5.06. The number of rotatable bonds is 4. The van der Waals surface area contributed by atoms with Gasteiger partial charge >= 0.3 is 0 Å². The zero-order valence-electron chi connectivity index (χ0n) is 15.7. The van der Waals surface area contributed by atoms with Crippen LogP contribution in [0, 0.1) is 16.7 Å². The molecule has 0 spiro atoms. The van der Waals surface area contributed by atoms with Gasteiger partial charge in [0, 0.05) is 22.7 Å². The van der Waals surface area contributed by atoms with Crippen LogP contribution in [0.1, 0.15) is 26.3 Å². The Hall–Kier alpha value is -3.45. The van der Waals surface area contributed by atoms with Gasteiger partial charge < -0.3 is 0 Å². The second-order valence-corrected chi connectivity index (χ2v) is 7.33. The van der Waals surface area contributed by atoms with Crippen LogP contribution in [0.5, 0.6) is 0 Å². The van der Waals surface area contributed by atoms with Crippen molar-refractivity contribution in [1.29, 1.82) is 5.26 Å². The SMILES string of the molecule is CC(C)(C)C(=O)/C(C#N)=C/c1cn(-c2ccccc2)nc1-c1ccccc1. The van der Waals surface area contributed by atoms with E-state index in [1.807, 2.05) is 87.6 Å². The fourth-order valence-electron chi connectivity index (χ4n) is 2.73. The van der Waals surface area contributed by atoms with Crippen molar-refractivity contribution < 1.29 is 4.79 Å². The lowest BCUT2D eigenvalue weighted by Crippen LogP contribution is -2.21. The van der Waals surface area contributed by atoms with Gasteiger partial charge in [-0.1, -0.05) is 69.3 Å². The highest BCUT2D eigenvalue weighted by Crippen LogP contribution is 2.27. The van der Waals surface area contributed by atoms with E-state index < -0.39 is 5.41 Å². The van der Waals surface area contributed by atoms with Gasteiger partial charge in [0.05, 0.1) is 17.0 Å². The average molecular weight is 355 g/mol. The maximum atomic E-state index is 12.6. The summed E-state index contributed by atoms with van der Waals surface area (Å²) < 4.78 is 1.77. The molecule has 0 saturated heterocycles. The summed E-state index contributed by atoms with van der Waals surface area (Å²) in [5, 5.41) is 14.3. The molecule has 4 heteroatoms. The maximum absolute atomic E-state index is 12.6. The number of nitriles is 1. The Morgan fingerprint density at radius 1 is 1.04 bits per heavy atom. The van der Waals surface area contributed by atoms with Crippen LogP contribution in [-0.4, -0.2) is 15.6 Å². The highest BCUT2D eigenvalue weighted by molar-refractivity contribution is 6.06. The van der Waals surface area contributed by atoms with Crippen molar-refractivity contribution in [2.45, 2.75) is 20.8 Å². The van der Waals surface area contributed by atoms with E-state index in [-0.39, 0.29) is 11.4 Å². The van der Waals surface area contributed by atoms with Gasteiger partial charge in [0.15, 0.2) is 5.78 Å². The molecule has 4 nitrogen and oxygen atoms in total. The Labute approximate surface area is 159 Å². The van der Waals surface area contributed by atoms with Gasteiger partial charge in [-0.2, -0.15) is 10.4 Å². The molecule has 0 saturated carbocycles.